The van der Waals surface area contributed by atoms with Gasteiger partial charge in [0.15, 0.2) is 0 Å². The Balaban J connectivity index is 1.99. The monoisotopic (exact) mass is 244 g/mol. The van der Waals surface area contributed by atoms with E-state index in [1.165, 1.54) is 32.1 Å². The highest BCUT2D eigenvalue weighted by molar-refractivity contribution is 5.77. The fraction of sp³-hybridized carbons (Fsp3) is 0.571. The standard InChI is InChI=1S/C14H20N4/c1-10(11-5-3-2-4-6-11)18-13-7-8-16-9-12(13)17-14(18)15/h7-11H,2-6H2,1H3,(H2,15,17). The topological polar surface area (TPSA) is 56.7 Å². The van der Waals surface area contributed by atoms with E-state index >= 15 is 0 Å². The number of nitrogens with zero attached hydrogens (tertiary/aromatic N) is 3. The lowest BCUT2D eigenvalue weighted by Crippen LogP contribution is -2.20. The lowest BCUT2D eigenvalue weighted by atomic mass is 9.84. The lowest BCUT2D eigenvalue weighted by molar-refractivity contribution is 0.269. The van der Waals surface area contributed by atoms with Gasteiger partial charge in [0.2, 0.25) is 5.95 Å². The molecule has 0 aromatic carbocycles. The molecule has 1 aliphatic rings. The average Bonchev–Trinajstić information content (AvgIpc) is 2.75. The van der Waals surface area contributed by atoms with E-state index in [9.17, 15) is 0 Å². The molecule has 96 valence electrons. The van der Waals surface area contributed by atoms with E-state index in [0.29, 0.717) is 12.0 Å². The molecule has 0 amide bonds. The van der Waals surface area contributed by atoms with E-state index in [0.717, 1.165) is 17.0 Å². The van der Waals surface area contributed by atoms with Crippen LogP contribution in [0.1, 0.15) is 45.1 Å². The van der Waals surface area contributed by atoms with Crippen molar-refractivity contribution < 1.29 is 0 Å². The summed E-state index contributed by atoms with van der Waals surface area (Å²) in [5.41, 5.74) is 8.10. The molecule has 1 atom stereocenters. The number of nitrogen functional groups attached to an aromatic ring is 1. The van der Waals surface area contributed by atoms with Crippen LogP contribution in [0.4, 0.5) is 5.95 Å². The van der Waals surface area contributed by atoms with E-state index in [2.05, 4.69) is 21.5 Å². The SMILES string of the molecule is CC(C1CCCCC1)n1c(N)nc2cnccc21. The minimum Gasteiger partial charge on any atom is -0.369 e. The number of pyridine rings is 1. The van der Waals surface area contributed by atoms with Crippen LogP contribution in [-0.4, -0.2) is 14.5 Å². The van der Waals surface area contributed by atoms with Crippen molar-refractivity contribution in [3.8, 4) is 0 Å². The number of rotatable bonds is 2. The molecule has 2 aromatic rings. The summed E-state index contributed by atoms with van der Waals surface area (Å²) < 4.78 is 2.19. The largest absolute Gasteiger partial charge is 0.369 e. The second-order valence-corrected chi connectivity index (χ2v) is 5.34. The maximum absolute atomic E-state index is 6.08. The Morgan fingerprint density at radius 1 is 1.33 bits per heavy atom. The number of nitrogens with two attached hydrogens (primary N) is 1. The Morgan fingerprint density at radius 2 is 2.11 bits per heavy atom. The van der Waals surface area contributed by atoms with Crippen molar-refractivity contribution in [3.63, 3.8) is 0 Å². The predicted octanol–water partition coefficient (Wildman–Crippen LogP) is 3.15. The number of imidazole rings is 1. The maximum Gasteiger partial charge on any atom is 0.201 e. The molecule has 0 aliphatic heterocycles. The second-order valence-electron chi connectivity index (χ2n) is 5.34. The van der Waals surface area contributed by atoms with Crippen molar-refractivity contribution in [2.24, 2.45) is 5.92 Å². The average molecular weight is 244 g/mol. The highest BCUT2D eigenvalue weighted by Crippen LogP contribution is 2.35. The molecule has 1 fully saturated rings. The normalized spacial score (nSPS) is 19.2. The Bertz CT molecular complexity index is 540. The van der Waals surface area contributed by atoms with Gasteiger partial charge >= 0.3 is 0 Å². The number of hydrogen-bond donors (Lipinski definition) is 1. The summed E-state index contributed by atoms with van der Waals surface area (Å²) >= 11 is 0. The predicted molar refractivity (Wildman–Crippen MR) is 73.2 cm³/mol. The van der Waals surface area contributed by atoms with Gasteiger partial charge in [0.25, 0.3) is 0 Å². The van der Waals surface area contributed by atoms with Crippen LogP contribution in [0.5, 0.6) is 0 Å². The second kappa shape index (κ2) is 4.59. The van der Waals surface area contributed by atoms with E-state index in [1.807, 2.05) is 12.3 Å². The molecular weight excluding hydrogens is 224 g/mol. The zero-order valence-corrected chi connectivity index (χ0v) is 10.8. The van der Waals surface area contributed by atoms with Gasteiger partial charge in [-0.1, -0.05) is 19.3 Å². The van der Waals surface area contributed by atoms with E-state index in [-0.39, 0.29) is 0 Å². The van der Waals surface area contributed by atoms with Gasteiger partial charge in [-0.05, 0) is 31.7 Å². The molecule has 0 spiro atoms. The zero-order valence-electron chi connectivity index (χ0n) is 10.8. The van der Waals surface area contributed by atoms with Gasteiger partial charge in [0.1, 0.15) is 5.52 Å². The van der Waals surface area contributed by atoms with Crippen molar-refractivity contribution in [1.82, 2.24) is 14.5 Å². The van der Waals surface area contributed by atoms with Gasteiger partial charge in [-0.2, -0.15) is 0 Å². The van der Waals surface area contributed by atoms with E-state index < -0.39 is 0 Å². The molecule has 4 heteroatoms. The Morgan fingerprint density at radius 3 is 2.89 bits per heavy atom. The third-order valence-corrected chi connectivity index (χ3v) is 4.26. The summed E-state index contributed by atoms with van der Waals surface area (Å²) in [7, 11) is 0. The minimum atomic E-state index is 0.428. The number of aromatic nitrogens is 3. The summed E-state index contributed by atoms with van der Waals surface area (Å²) in [4.78, 5) is 8.52. The third kappa shape index (κ3) is 1.85. The molecule has 2 N–H and O–H groups in total. The van der Waals surface area contributed by atoms with Gasteiger partial charge < -0.3 is 10.3 Å². The van der Waals surface area contributed by atoms with Gasteiger partial charge in [-0.3, -0.25) is 4.98 Å². The smallest absolute Gasteiger partial charge is 0.201 e. The third-order valence-electron chi connectivity index (χ3n) is 4.26. The van der Waals surface area contributed by atoms with Crippen LogP contribution in [0.2, 0.25) is 0 Å². The molecular formula is C14H20N4. The van der Waals surface area contributed by atoms with Gasteiger partial charge in [0.05, 0.1) is 11.7 Å². The number of anilines is 1. The molecule has 4 nitrogen and oxygen atoms in total. The van der Waals surface area contributed by atoms with Gasteiger partial charge in [-0.15, -0.1) is 0 Å². The summed E-state index contributed by atoms with van der Waals surface area (Å²) in [5, 5.41) is 0. The van der Waals surface area contributed by atoms with E-state index in [4.69, 9.17) is 5.73 Å². The molecule has 0 bridgehead atoms. The molecule has 3 rings (SSSR count). The van der Waals surface area contributed by atoms with Crippen LogP contribution >= 0.6 is 0 Å². The summed E-state index contributed by atoms with van der Waals surface area (Å²) in [6.45, 7) is 2.27. The van der Waals surface area contributed by atoms with Gasteiger partial charge in [-0.25, -0.2) is 4.98 Å². The summed E-state index contributed by atoms with van der Waals surface area (Å²) in [5.74, 6) is 1.35. The summed E-state index contributed by atoms with van der Waals surface area (Å²) in [6.07, 6.45) is 10.3. The first-order chi connectivity index (χ1) is 8.77. The van der Waals surface area contributed by atoms with Crippen LogP contribution in [-0.2, 0) is 0 Å². The first kappa shape index (κ1) is 11.5. The zero-order chi connectivity index (χ0) is 12.5. The molecule has 0 saturated heterocycles. The highest BCUT2D eigenvalue weighted by Gasteiger charge is 2.24. The molecule has 1 saturated carbocycles. The lowest BCUT2D eigenvalue weighted by Gasteiger charge is -2.29. The Kier molecular flexibility index (Phi) is 2.94. The highest BCUT2D eigenvalue weighted by atomic mass is 15.2. The molecule has 18 heavy (non-hydrogen) atoms. The van der Waals surface area contributed by atoms with Crippen molar-refractivity contribution in [2.75, 3.05) is 5.73 Å². The fourth-order valence-corrected chi connectivity index (χ4v) is 3.22. The van der Waals surface area contributed by atoms with Crippen LogP contribution in [0.3, 0.4) is 0 Å². The van der Waals surface area contributed by atoms with E-state index in [1.54, 1.807) is 6.20 Å². The molecule has 2 heterocycles. The fourth-order valence-electron chi connectivity index (χ4n) is 3.22. The van der Waals surface area contributed by atoms with Crippen molar-refractivity contribution >= 4 is 17.0 Å². The number of fused-ring (bicyclic) bond motifs is 1. The quantitative estimate of drug-likeness (QED) is 0.882. The minimum absolute atomic E-state index is 0.428. The van der Waals surface area contributed by atoms with Crippen molar-refractivity contribution in [1.29, 1.82) is 0 Å². The summed E-state index contributed by atoms with van der Waals surface area (Å²) in [6, 6.07) is 2.44. The maximum atomic E-state index is 6.08. The Labute approximate surface area is 107 Å². The van der Waals surface area contributed by atoms with Crippen LogP contribution < -0.4 is 5.73 Å². The van der Waals surface area contributed by atoms with Crippen molar-refractivity contribution in [3.05, 3.63) is 18.5 Å². The van der Waals surface area contributed by atoms with Crippen LogP contribution in [0.25, 0.3) is 11.0 Å². The molecule has 2 aromatic heterocycles. The van der Waals surface area contributed by atoms with Crippen LogP contribution in [0.15, 0.2) is 18.5 Å². The Hall–Kier alpha value is -1.58. The number of hydrogen-bond acceptors (Lipinski definition) is 3. The molecule has 0 radical (unpaired) electrons. The van der Waals surface area contributed by atoms with Crippen molar-refractivity contribution in [2.45, 2.75) is 45.1 Å². The first-order valence-electron chi connectivity index (χ1n) is 6.85. The van der Waals surface area contributed by atoms with Gasteiger partial charge in [0, 0.05) is 12.2 Å². The first-order valence-corrected chi connectivity index (χ1v) is 6.85. The molecule has 1 aliphatic carbocycles. The van der Waals surface area contributed by atoms with Crippen LogP contribution in [0, 0.1) is 5.92 Å². The molecule has 1 unspecified atom stereocenters.